The number of carbonyl (C=O) groups is 8. The Kier molecular flexibility index (Phi) is 21.2. The van der Waals surface area contributed by atoms with E-state index in [1.54, 1.807) is 41.5 Å². The molecule has 0 aromatic heterocycles. The summed E-state index contributed by atoms with van der Waals surface area (Å²) in [5, 5.41) is 25.0. The highest BCUT2D eigenvalue weighted by Crippen LogP contribution is 2.33. The van der Waals surface area contributed by atoms with Gasteiger partial charge in [0.25, 0.3) is 12.4 Å². The third kappa shape index (κ3) is 16.5. The van der Waals surface area contributed by atoms with Crippen LogP contribution in [0.1, 0.15) is 106 Å². The number of carboxylic acid groups (broad SMARTS) is 1. The minimum atomic E-state index is -2.40. The lowest BCUT2D eigenvalue weighted by Crippen LogP contribution is -2.66. The van der Waals surface area contributed by atoms with E-state index in [4.69, 9.17) is 33.2 Å². The van der Waals surface area contributed by atoms with Crippen LogP contribution in [0, 0.1) is 0 Å². The zero-order valence-corrected chi connectivity index (χ0v) is 31.1. The Morgan fingerprint density at radius 3 is 1.70 bits per heavy atom. The van der Waals surface area contributed by atoms with Gasteiger partial charge in [0.1, 0.15) is 30.5 Å². The monoisotopic (exact) mass is 762 g/mol. The number of rotatable bonds is 25. The molecule has 53 heavy (non-hydrogen) atoms. The van der Waals surface area contributed by atoms with Crippen molar-refractivity contribution in [3.63, 3.8) is 0 Å². The summed E-state index contributed by atoms with van der Waals surface area (Å²) in [7, 11) is 0. The molecule has 1 rings (SSSR count). The van der Waals surface area contributed by atoms with Crippen LogP contribution in [-0.2, 0) is 71.5 Å². The Labute approximate surface area is 308 Å². The lowest BCUT2D eigenvalue weighted by atomic mass is 9.98. The predicted molar refractivity (Wildman–Crippen MR) is 179 cm³/mol. The van der Waals surface area contributed by atoms with Gasteiger partial charge in [-0.3, -0.25) is 33.6 Å². The van der Waals surface area contributed by atoms with Crippen LogP contribution in [0.2, 0.25) is 0 Å². The minimum absolute atomic E-state index is 0.0209. The second kappa shape index (κ2) is 24.1. The zero-order valence-electron chi connectivity index (χ0n) is 31.1. The highest BCUT2D eigenvalue weighted by Gasteiger charge is 2.52. The normalized spacial score (nSPS) is 21.8. The van der Waals surface area contributed by atoms with Crippen LogP contribution in [0.25, 0.3) is 0 Å². The number of carboxylic acids is 1. The third-order valence-electron chi connectivity index (χ3n) is 8.01. The fraction of sp³-hybridized carbons (Fsp3) is 0.765. The topological polar surface area (TPSA) is 266 Å². The van der Waals surface area contributed by atoms with Gasteiger partial charge in [0.15, 0.2) is 12.1 Å². The van der Waals surface area contributed by atoms with Gasteiger partial charge in [0.2, 0.25) is 11.8 Å². The molecule has 0 aromatic carbocycles. The number of hydrogen-bond donors (Lipinski definition) is 4. The van der Waals surface area contributed by atoms with Crippen LogP contribution in [0.5, 0.6) is 0 Å². The summed E-state index contributed by atoms with van der Waals surface area (Å²) in [6.45, 7) is 7.96. The lowest BCUT2D eigenvalue weighted by molar-refractivity contribution is -0.335. The van der Waals surface area contributed by atoms with Gasteiger partial charge in [0.05, 0.1) is 38.9 Å². The standard InChI is InChI=1S/C34H54N2O17/c1-7-20(49-28(41)10-4)13-26(39)35-23(33(45)46)18-48-34(36-27(40)14-21(8-2)50-29(42)11-5)16-24(32(47-19-38)25(17-37)53-34)52-31(44)15-22(9-3)51-30(43)12-6/h19-25,32,37H,7-18H2,1-6H3,(H,35,39)(H,36,40)(H,45,46). The smallest absolute Gasteiger partial charge is 0.328 e. The van der Waals surface area contributed by atoms with Crippen LogP contribution in [-0.4, -0.2) is 120 Å². The van der Waals surface area contributed by atoms with Crippen molar-refractivity contribution in [2.75, 3.05) is 13.2 Å². The molecule has 2 amide bonds. The van der Waals surface area contributed by atoms with Gasteiger partial charge in [-0.15, -0.1) is 0 Å². The van der Waals surface area contributed by atoms with Crippen molar-refractivity contribution >= 4 is 48.1 Å². The number of carbonyl (C=O) groups excluding carboxylic acids is 7. The van der Waals surface area contributed by atoms with Crippen molar-refractivity contribution in [1.82, 2.24) is 10.6 Å². The third-order valence-corrected chi connectivity index (χ3v) is 8.01. The Morgan fingerprint density at radius 1 is 0.774 bits per heavy atom. The summed E-state index contributed by atoms with van der Waals surface area (Å²) in [4.78, 5) is 98.7. The summed E-state index contributed by atoms with van der Waals surface area (Å²) in [6.07, 6.45) is -8.10. The van der Waals surface area contributed by atoms with E-state index >= 15 is 0 Å². The SMILES string of the molecule is CCC(=O)OC(CC)CC(=O)NC(COC1(NC(=O)CC(CC)OC(=O)CC)CC(OC(=O)CC(CC)OC(=O)CC)C(OC=O)C(CO)O1)C(=O)O. The van der Waals surface area contributed by atoms with E-state index < -0.39 is 123 Å². The largest absolute Gasteiger partial charge is 0.480 e. The summed E-state index contributed by atoms with van der Waals surface area (Å²) in [5.41, 5.74) is 0. The van der Waals surface area contributed by atoms with Crippen molar-refractivity contribution in [3.8, 4) is 0 Å². The Morgan fingerprint density at radius 2 is 1.26 bits per heavy atom. The Bertz CT molecular complexity index is 1250. The van der Waals surface area contributed by atoms with Crippen molar-refractivity contribution in [1.29, 1.82) is 0 Å². The summed E-state index contributed by atoms with van der Waals surface area (Å²) < 4.78 is 38.3. The molecule has 19 nitrogen and oxygen atoms in total. The summed E-state index contributed by atoms with van der Waals surface area (Å²) in [5.74, 6) is -8.22. The van der Waals surface area contributed by atoms with Crippen LogP contribution in [0.3, 0.4) is 0 Å². The second-order valence-electron chi connectivity index (χ2n) is 12.1. The first-order valence-electron chi connectivity index (χ1n) is 17.8. The summed E-state index contributed by atoms with van der Waals surface area (Å²) >= 11 is 0. The van der Waals surface area contributed by atoms with Crippen LogP contribution in [0.15, 0.2) is 0 Å². The maximum absolute atomic E-state index is 13.4. The summed E-state index contributed by atoms with van der Waals surface area (Å²) in [6, 6.07) is -1.77. The number of aliphatic hydroxyl groups excluding tert-OH is 1. The van der Waals surface area contributed by atoms with E-state index in [0.29, 0.717) is 0 Å². The quantitative estimate of drug-likeness (QED) is 0.0436. The van der Waals surface area contributed by atoms with Gasteiger partial charge in [-0.05, 0) is 19.3 Å². The number of hydrogen-bond acceptors (Lipinski definition) is 16. The fourth-order valence-electron chi connectivity index (χ4n) is 5.02. The van der Waals surface area contributed by atoms with Gasteiger partial charge in [-0.1, -0.05) is 41.5 Å². The molecular weight excluding hydrogens is 708 g/mol. The van der Waals surface area contributed by atoms with Crippen molar-refractivity contribution in [3.05, 3.63) is 0 Å². The molecule has 0 bridgehead atoms. The van der Waals surface area contributed by atoms with Crippen molar-refractivity contribution < 1.29 is 81.7 Å². The number of esters is 4. The molecule has 1 aliphatic rings. The van der Waals surface area contributed by atoms with E-state index in [2.05, 4.69) is 10.6 Å². The van der Waals surface area contributed by atoms with Crippen LogP contribution < -0.4 is 10.6 Å². The predicted octanol–water partition coefficient (Wildman–Crippen LogP) is 0.943. The molecule has 1 heterocycles. The highest BCUT2D eigenvalue weighted by atomic mass is 16.7. The Balaban J connectivity index is 3.48. The van der Waals surface area contributed by atoms with Gasteiger partial charge >= 0.3 is 29.8 Å². The van der Waals surface area contributed by atoms with Crippen molar-refractivity contribution in [2.24, 2.45) is 0 Å². The zero-order chi connectivity index (χ0) is 40.1. The van der Waals surface area contributed by atoms with Crippen LogP contribution >= 0.6 is 0 Å². The second-order valence-corrected chi connectivity index (χ2v) is 12.1. The molecule has 0 aliphatic carbocycles. The molecule has 8 unspecified atom stereocenters. The maximum Gasteiger partial charge on any atom is 0.328 e. The number of aliphatic hydroxyl groups is 1. The first-order valence-corrected chi connectivity index (χ1v) is 17.8. The lowest BCUT2D eigenvalue weighted by Gasteiger charge is -2.46. The average Bonchev–Trinajstić information content (AvgIpc) is 3.12. The van der Waals surface area contributed by atoms with Crippen molar-refractivity contribution in [2.45, 2.75) is 154 Å². The average molecular weight is 763 g/mol. The van der Waals surface area contributed by atoms with Gasteiger partial charge in [0, 0.05) is 19.3 Å². The molecule has 0 saturated carbocycles. The molecule has 1 aliphatic heterocycles. The molecule has 0 aromatic rings. The molecule has 0 radical (unpaired) electrons. The molecule has 302 valence electrons. The number of aliphatic carboxylic acids is 1. The minimum Gasteiger partial charge on any atom is -0.480 e. The van der Waals surface area contributed by atoms with E-state index in [0.717, 1.165) is 0 Å². The molecule has 1 fully saturated rings. The number of ether oxygens (including phenoxy) is 7. The molecule has 4 N–H and O–H groups in total. The van der Waals surface area contributed by atoms with E-state index in [1.165, 1.54) is 0 Å². The van der Waals surface area contributed by atoms with E-state index in [1.807, 2.05) is 0 Å². The van der Waals surface area contributed by atoms with Gasteiger partial charge in [-0.25, -0.2) is 4.79 Å². The first-order chi connectivity index (χ1) is 25.1. The van der Waals surface area contributed by atoms with Crippen LogP contribution in [0.4, 0.5) is 0 Å². The Hall–Kier alpha value is -4.36. The molecule has 1 saturated heterocycles. The van der Waals surface area contributed by atoms with E-state index in [-0.39, 0.29) is 51.4 Å². The molecular formula is C34H54N2O17. The molecule has 19 heteroatoms. The van der Waals surface area contributed by atoms with Gasteiger partial charge < -0.3 is 54.0 Å². The molecule has 0 spiro atoms. The van der Waals surface area contributed by atoms with E-state index in [9.17, 15) is 48.6 Å². The maximum atomic E-state index is 13.4. The highest BCUT2D eigenvalue weighted by molar-refractivity contribution is 5.84. The number of amides is 2. The van der Waals surface area contributed by atoms with Gasteiger partial charge in [-0.2, -0.15) is 0 Å². The number of nitrogens with one attached hydrogen (secondary N) is 2. The molecule has 8 atom stereocenters. The first kappa shape index (κ1) is 46.7. The fourth-order valence-corrected chi connectivity index (χ4v) is 5.02.